The summed E-state index contributed by atoms with van der Waals surface area (Å²) in [6, 6.07) is 14.8. The second kappa shape index (κ2) is 8.91. The Bertz CT molecular complexity index is 1120. The number of rotatable bonds is 5. The van der Waals surface area contributed by atoms with Crippen molar-refractivity contribution in [2.75, 3.05) is 36.5 Å². The number of benzene rings is 2. The molecular formula is C23H23ClN4O3. The van der Waals surface area contributed by atoms with Crippen LogP contribution in [0.15, 0.2) is 48.5 Å². The van der Waals surface area contributed by atoms with E-state index in [1.807, 2.05) is 36.4 Å². The highest BCUT2D eigenvalue weighted by Crippen LogP contribution is 2.30. The van der Waals surface area contributed by atoms with Gasteiger partial charge in [-0.3, -0.25) is 9.59 Å². The number of nitrogens with zero attached hydrogens (tertiary/aromatic N) is 3. The van der Waals surface area contributed by atoms with E-state index >= 15 is 0 Å². The van der Waals surface area contributed by atoms with Gasteiger partial charge in [-0.15, -0.1) is 0 Å². The fourth-order valence-corrected chi connectivity index (χ4v) is 3.94. The summed E-state index contributed by atoms with van der Waals surface area (Å²) in [5, 5.41) is 7.70. The maximum atomic E-state index is 13.1. The fraction of sp³-hybridized carbons (Fsp3) is 0.261. The molecule has 0 spiro atoms. The van der Waals surface area contributed by atoms with Gasteiger partial charge in [-0.05, 0) is 44.2 Å². The number of nitrogens with one attached hydrogen (secondary N) is 1. The molecule has 160 valence electrons. The zero-order valence-corrected chi connectivity index (χ0v) is 18.1. The molecule has 8 heteroatoms. The summed E-state index contributed by atoms with van der Waals surface area (Å²) in [4.78, 5) is 28.1. The van der Waals surface area contributed by atoms with Gasteiger partial charge < -0.3 is 15.0 Å². The molecule has 4 rings (SSSR count). The Kier molecular flexibility index (Phi) is 6.06. The largest absolute Gasteiger partial charge is 0.378 e. The molecule has 1 fully saturated rings. The number of carbonyl (C=O) groups is 2. The maximum Gasteiger partial charge on any atom is 0.296 e. The Morgan fingerprint density at radius 1 is 1.06 bits per heavy atom. The van der Waals surface area contributed by atoms with Crippen LogP contribution < -0.4 is 10.2 Å². The van der Waals surface area contributed by atoms with Crippen LogP contribution >= 0.6 is 11.6 Å². The van der Waals surface area contributed by atoms with Crippen molar-refractivity contribution in [3.8, 4) is 5.69 Å². The van der Waals surface area contributed by atoms with Crippen molar-refractivity contribution in [1.29, 1.82) is 0 Å². The van der Waals surface area contributed by atoms with Crippen molar-refractivity contribution in [2.45, 2.75) is 13.8 Å². The topological polar surface area (TPSA) is 76.5 Å². The molecule has 0 atom stereocenters. The molecule has 2 aromatic carbocycles. The summed E-state index contributed by atoms with van der Waals surface area (Å²) in [7, 11) is 0. The van der Waals surface area contributed by atoms with E-state index in [2.05, 4.69) is 15.3 Å². The number of morpholine rings is 1. The number of amides is 1. The Hall–Kier alpha value is -3.16. The van der Waals surface area contributed by atoms with Crippen LogP contribution in [0.4, 0.5) is 11.4 Å². The fourth-order valence-electron chi connectivity index (χ4n) is 3.77. The first-order valence-corrected chi connectivity index (χ1v) is 10.4. The number of ketones is 1. The average molecular weight is 439 g/mol. The molecule has 31 heavy (non-hydrogen) atoms. The highest BCUT2D eigenvalue weighted by atomic mass is 35.5. The molecule has 1 amide bonds. The lowest BCUT2D eigenvalue weighted by molar-refractivity contribution is -0.112. The summed E-state index contributed by atoms with van der Waals surface area (Å²) in [6.45, 7) is 6.11. The van der Waals surface area contributed by atoms with Gasteiger partial charge in [0, 0.05) is 18.1 Å². The molecule has 1 N–H and O–H groups in total. The number of aryl methyl sites for hydroxylation is 1. The van der Waals surface area contributed by atoms with Crippen LogP contribution in [0, 0.1) is 13.8 Å². The Labute approximate surface area is 185 Å². The second-order valence-corrected chi connectivity index (χ2v) is 7.77. The quantitative estimate of drug-likeness (QED) is 0.484. The van der Waals surface area contributed by atoms with E-state index in [-0.39, 0.29) is 0 Å². The second-order valence-electron chi connectivity index (χ2n) is 7.34. The molecule has 0 bridgehead atoms. The van der Waals surface area contributed by atoms with E-state index in [0.29, 0.717) is 54.0 Å². The van der Waals surface area contributed by atoms with Crippen molar-refractivity contribution >= 4 is 34.7 Å². The molecule has 3 aromatic rings. The molecule has 7 nitrogen and oxygen atoms in total. The van der Waals surface area contributed by atoms with E-state index in [1.165, 1.54) is 0 Å². The molecule has 1 aromatic heterocycles. The zero-order chi connectivity index (χ0) is 22.0. The molecule has 0 unspecified atom stereocenters. The first kappa shape index (κ1) is 21.1. The van der Waals surface area contributed by atoms with Gasteiger partial charge in [0.15, 0.2) is 0 Å². The van der Waals surface area contributed by atoms with Gasteiger partial charge in [0.2, 0.25) is 0 Å². The standard InChI is InChI=1S/C23H23ClN4O3/c1-15-21(16(2)28(26-15)18-6-4-3-5-7-18)22(29)23(30)25-19-14-17(24)8-9-20(19)27-10-12-31-13-11-27/h3-9,14H,10-13H2,1-2H3,(H,25,30). The Morgan fingerprint density at radius 2 is 1.77 bits per heavy atom. The summed E-state index contributed by atoms with van der Waals surface area (Å²) >= 11 is 6.16. The van der Waals surface area contributed by atoms with Gasteiger partial charge in [-0.1, -0.05) is 29.8 Å². The van der Waals surface area contributed by atoms with Gasteiger partial charge in [0.1, 0.15) is 0 Å². The molecule has 1 aliphatic rings. The molecule has 1 saturated heterocycles. The minimum Gasteiger partial charge on any atom is -0.378 e. The smallest absolute Gasteiger partial charge is 0.296 e. The van der Waals surface area contributed by atoms with Crippen LogP contribution in [-0.4, -0.2) is 47.8 Å². The van der Waals surface area contributed by atoms with E-state index in [1.54, 1.807) is 30.7 Å². The zero-order valence-electron chi connectivity index (χ0n) is 17.4. The van der Waals surface area contributed by atoms with Crippen LogP contribution in [-0.2, 0) is 9.53 Å². The third-order valence-electron chi connectivity index (χ3n) is 5.28. The van der Waals surface area contributed by atoms with Crippen LogP contribution in [0.25, 0.3) is 5.69 Å². The number of halogens is 1. The lowest BCUT2D eigenvalue weighted by Crippen LogP contribution is -2.37. The summed E-state index contributed by atoms with van der Waals surface area (Å²) in [5.74, 6) is -1.36. The predicted molar refractivity (Wildman–Crippen MR) is 120 cm³/mol. The Balaban J connectivity index is 1.61. The van der Waals surface area contributed by atoms with Gasteiger partial charge in [0.25, 0.3) is 11.7 Å². The molecule has 0 saturated carbocycles. The Morgan fingerprint density at radius 3 is 2.48 bits per heavy atom. The van der Waals surface area contributed by atoms with Crippen molar-refractivity contribution in [3.63, 3.8) is 0 Å². The van der Waals surface area contributed by atoms with Crippen LogP contribution in [0.5, 0.6) is 0 Å². The molecule has 0 radical (unpaired) electrons. The van der Waals surface area contributed by atoms with E-state index in [0.717, 1.165) is 11.4 Å². The number of carbonyl (C=O) groups excluding carboxylic acids is 2. The first-order valence-electron chi connectivity index (χ1n) is 10.1. The number of para-hydroxylation sites is 1. The van der Waals surface area contributed by atoms with Gasteiger partial charge >= 0.3 is 0 Å². The lowest BCUT2D eigenvalue weighted by Gasteiger charge is -2.30. The minimum atomic E-state index is -0.726. The monoisotopic (exact) mass is 438 g/mol. The van der Waals surface area contributed by atoms with Gasteiger partial charge in [-0.2, -0.15) is 5.10 Å². The summed E-state index contributed by atoms with van der Waals surface area (Å²) in [5.41, 5.74) is 3.55. The number of aromatic nitrogens is 2. The predicted octanol–water partition coefficient (Wildman–Crippen LogP) is 3.80. The third-order valence-corrected chi connectivity index (χ3v) is 5.52. The highest BCUT2D eigenvalue weighted by Gasteiger charge is 2.26. The van der Waals surface area contributed by atoms with Crippen LogP contribution in [0.3, 0.4) is 0 Å². The van der Waals surface area contributed by atoms with E-state index in [4.69, 9.17) is 16.3 Å². The van der Waals surface area contributed by atoms with E-state index in [9.17, 15) is 9.59 Å². The van der Waals surface area contributed by atoms with Crippen molar-refractivity contribution in [3.05, 3.63) is 70.5 Å². The van der Waals surface area contributed by atoms with Crippen molar-refractivity contribution in [1.82, 2.24) is 9.78 Å². The number of anilines is 2. The number of ether oxygens (including phenoxy) is 1. The maximum absolute atomic E-state index is 13.1. The third kappa shape index (κ3) is 4.33. The number of hydrogen-bond donors (Lipinski definition) is 1. The normalized spacial score (nSPS) is 13.8. The number of hydrogen-bond acceptors (Lipinski definition) is 5. The SMILES string of the molecule is Cc1nn(-c2ccccc2)c(C)c1C(=O)C(=O)Nc1cc(Cl)ccc1N1CCOCC1. The first-order chi connectivity index (χ1) is 15.0. The lowest BCUT2D eigenvalue weighted by atomic mass is 10.1. The summed E-state index contributed by atoms with van der Waals surface area (Å²) < 4.78 is 7.08. The van der Waals surface area contributed by atoms with Gasteiger partial charge in [0.05, 0.1) is 47.2 Å². The highest BCUT2D eigenvalue weighted by molar-refractivity contribution is 6.47. The van der Waals surface area contributed by atoms with Crippen molar-refractivity contribution in [2.24, 2.45) is 0 Å². The van der Waals surface area contributed by atoms with Crippen molar-refractivity contribution < 1.29 is 14.3 Å². The molecule has 1 aliphatic heterocycles. The minimum absolute atomic E-state index is 0.302. The van der Waals surface area contributed by atoms with Crippen LogP contribution in [0.1, 0.15) is 21.7 Å². The number of Topliss-reactive ketones (excluding diaryl/α,β-unsaturated/α-hetero) is 1. The van der Waals surface area contributed by atoms with Crippen LogP contribution in [0.2, 0.25) is 5.02 Å². The molecule has 0 aliphatic carbocycles. The molecular weight excluding hydrogens is 416 g/mol. The average Bonchev–Trinajstić information content (AvgIpc) is 3.08. The molecule has 2 heterocycles. The van der Waals surface area contributed by atoms with Gasteiger partial charge in [-0.25, -0.2) is 4.68 Å². The summed E-state index contributed by atoms with van der Waals surface area (Å²) in [6.07, 6.45) is 0. The van der Waals surface area contributed by atoms with E-state index < -0.39 is 11.7 Å².